The number of aromatic nitrogens is 2. The topological polar surface area (TPSA) is 127 Å². The summed E-state index contributed by atoms with van der Waals surface area (Å²) in [5.41, 5.74) is 5.53. The van der Waals surface area contributed by atoms with Crippen LogP contribution in [0.4, 0.5) is 5.82 Å². The fraction of sp³-hybridized carbons (Fsp3) is 0.667. The van der Waals surface area contributed by atoms with Crippen LogP contribution in [-0.2, 0) is 26.6 Å². The fourth-order valence-corrected chi connectivity index (χ4v) is 3.31. The van der Waals surface area contributed by atoms with E-state index in [2.05, 4.69) is 9.82 Å². The van der Waals surface area contributed by atoms with E-state index in [9.17, 15) is 16.8 Å². The molecular weight excluding hydrogens is 306 g/mol. The van der Waals surface area contributed by atoms with Crippen LogP contribution in [0, 0.1) is 0 Å². The third kappa shape index (κ3) is 3.91. The number of aryl methyl sites for hydroxylation is 1. The van der Waals surface area contributed by atoms with E-state index in [1.807, 2.05) is 0 Å². The van der Waals surface area contributed by atoms with Crippen LogP contribution in [0.3, 0.4) is 0 Å². The van der Waals surface area contributed by atoms with Crippen molar-refractivity contribution < 1.29 is 16.8 Å². The molecule has 0 amide bonds. The molecule has 0 saturated heterocycles. The van der Waals surface area contributed by atoms with E-state index in [0.29, 0.717) is 6.54 Å². The molecule has 0 radical (unpaired) electrons. The number of rotatable bonds is 7. The normalized spacial score (nSPS) is 13.0. The summed E-state index contributed by atoms with van der Waals surface area (Å²) in [6, 6.07) is 0. The molecule has 0 aliphatic carbocycles. The van der Waals surface area contributed by atoms with Crippen LogP contribution >= 0.6 is 0 Å². The molecule has 1 aromatic heterocycles. The van der Waals surface area contributed by atoms with Gasteiger partial charge in [0.05, 0.1) is 5.75 Å². The Morgan fingerprint density at radius 3 is 2.40 bits per heavy atom. The van der Waals surface area contributed by atoms with Gasteiger partial charge >= 0.3 is 0 Å². The quantitative estimate of drug-likeness (QED) is 0.638. The molecule has 1 rings (SSSR count). The van der Waals surface area contributed by atoms with E-state index in [0.717, 1.165) is 4.31 Å². The predicted octanol–water partition coefficient (Wildman–Crippen LogP) is -1.35. The Kier molecular flexibility index (Phi) is 5.13. The van der Waals surface area contributed by atoms with Gasteiger partial charge in [0.1, 0.15) is 4.90 Å². The Balaban J connectivity index is 2.79. The van der Waals surface area contributed by atoms with Crippen molar-refractivity contribution in [2.45, 2.75) is 18.4 Å². The Morgan fingerprint density at radius 1 is 1.35 bits per heavy atom. The molecule has 0 aliphatic heterocycles. The van der Waals surface area contributed by atoms with E-state index in [4.69, 9.17) is 5.73 Å². The zero-order valence-corrected chi connectivity index (χ0v) is 13.2. The molecule has 0 bridgehead atoms. The first-order valence-electron chi connectivity index (χ1n) is 5.83. The molecule has 116 valence electrons. The van der Waals surface area contributed by atoms with Gasteiger partial charge in [0.25, 0.3) is 0 Å². The zero-order valence-electron chi connectivity index (χ0n) is 11.6. The summed E-state index contributed by atoms with van der Waals surface area (Å²) in [5.74, 6) is -0.448. The Morgan fingerprint density at radius 2 is 1.95 bits per heavy atom. The average Bonchev–Trinajstić information content (AvgIpc) is 2.70. The van der Waals surface area contributed by atoms with Gasteiger partial charge in [-0.15, -0.1) is 0 Å². The van der Waals surface area contributed by atoms with Gasteiger partial charge in [0.15, 0.2) is 5.82 Å². The highest BCUT2D eigenvalue weighted by atomic mass is 32.2. The maximum Gasteiger partial charge on any atom is 0.245 e. The average molecular weight is 325 g/mol. The number of anilines is 1. The Bertz CT molecular complexity index is 663. The lowest BCUT2D eigenvalue weighted by molar-refractivity contribution is 0.519. The minimum atomic E-state index is -3.87. The highest BCUT2D eigenvalue weighted by Crippen LogP contribution is 2.15. The van der Waals surface area contributed by atoms with Crippen molar-refractivity contribution >= 4 is 25.9 Å². The second-order valence-electron chi connectivity index (χ2n) is 4.23. The van der Waals surface area contributed by atoms with Crippen LogP contribution in [0.2, 0.25) is 0 Å². The van der Waals surface area contributed by atoms with Crippen molar-refractivity contribution in [1.82, 2.24) is 18.8 Å². The molecule has 0 aliphatic rings. The van der Waals surface area contributed by atoms with Gasteiger partial charge in [-0.25, -0.2) is 25.9 Å². The Hall–Kier alpha value is -1.17. The highest BCUT2D eigenvalue weighted by Gasteiger charge is 2.22. The zero-order chi connectivity index (χ0) is 15.6. The first kappa shape index (κ1) is 16.9. The summed E-state index contributed by atoms with van der Waals surface area (Å²) in [7, 11) is -4.56. The van der Waals surface area contributed by atoms with Gasteiger partial charge in [-0.2, -0.15) is 5.10 Å². The number of nitrogens with two attached hydrogens (primary N) is 1. The molecule has 11 heteroatoms. The number of hydrogen-bond donors (Lipinski definition) is 2. The van der Waals surface area contributed by atoms with Crippen LogP contribution in [0.15, 0.2) is 11.1 Å². The molecule has 1 heterocycles. The van der Waals surface area contributed by atoms with Crippen molar-refractivity contribution in [3.05, 3.63) is 6.20 Å². The molecule has 20 heavy (non-hydrogen) atoms. The minimum Gasteiger partial charge on any atom is -0.381 e. The molecule has 0 unspecified atom stereocenters. The molecule has 9 nitrogen and oxygen atoms in total. The van der Waals surface area contributed by atoms with Gasteiger partial charge in [-0.05, 0) is 6.92 Å². The maximum absolute atomic E-state index is 12.0. The van der Waals surface area contributed by atoms with Crippen molar-refractivity contribution in [1.29, 1.82) is 0 Å². The van der Waals surface area contributed by atoms with Gasteiger partial charge in [0, 0.05) is 33.4 Å². The molecule has 1 aromatic rings. The third-order valence-electron chi connectivity index (χ3n) is 2.58. The van der Waals surface area contributed by atoms with Crippen molar-refractivity contribution in [2.75, 3.05) is 32.1 Å². The number of hydrogen-bond acceptors (Lipinski definition) is 6. The number of sulfonamides is 2. The molecule has 0 saturated carbocycles. The minimum absolute atomic E-state index is 0.116. The van der Waals surface area contributed by atoms with E-state index >= 15 is 0 Å². The highest BCUT2D eigenvalue weighted by molar-refractivity contribution is 7.90. The standard InChI is InChI=1S/C9H19N5O4S2/c1-4-14-7-8(9(10)12-14)20(17,18)11-5-6-19(15,16)13(2)3/h7,11H,4-6H2,1-3H3,(H2,10,12). The molecule has 0 fully saturated rings. The predicted molar refractivity (Wildman–Crippen MR) is 75.0 cm³/mol. The van der Waals surface area contributed by atoms with Crippen LogP contribution < -0.4 is 10.5 Å². The summed E-state index contributed by atoms with van der Waals surface area (Å²) in [4.78, 5) is -0.151. The van der Waals surface area contributed by atoms with Gasteiger partial charge in [0.2, 0.25) is 20.0 Å². The first-order chi connectivity index (χ1) is 9.10. The van der Waals surface area contributed by atoms with Crippen molar-refractivity contribution in [3.8, 4) is 0 Å². The number of nitrogens with zero attached hydrogens (tertiary/aromatic N) is 3. The summed E-state index contributed by atoms with van der Waals surface area (Å²) >= 11 is 0. The molecule has 0 atom stereocenters. The SMILES string of the molecule is CCn1cc(S(=O)(=O)NCCS(=O)(=O)N(C)C)c(N)n1. The van der Waals surface area contributed by atoms with Gasteiger partial charge in [-0.1, -0.05) is 0 Å². The van der Waals surface area contributed by atoms with E-state index in [1.165, 1.54) is 25.0 Å². The molecular formula is C9H19N5O4S2. The number of nitrogens with one attached hydrogen (secondary N) is 1. The van der Waals surface area contributed by atoms with E-state index in [1.54, 1.807) is 6.92 Å². The van der Waals surface area contributed by atoms with Gasteiger partial charge < -0.3 is 5.73 Å². The lowest BCUT2D eigenvalue weighted by Gasteiger charge is -2.11. The van der Waals surface area contributed by atoms with Crippen molar-refractivity contribution in [2.24, 2.45) is 0 Å². The summed E-state index contributed by atoms with van der Waals surface area (Å²) in [6.45, 7) is 2.04. The molecule has 0 aromatic carbocycles. The lowest BCUT2D eigenvalue weighted by Crippen LogP contribution is -2.34. The van der Waals surface area contributed by atoms with Crippen LogP contribution in [0.25, 0.3) is 0 Å². The molecule has 0 spiro atoms. The largest absolute Gasteiger partial charge is 0.381 e. The first-order valence-corrected chi connectivity index (χ1v) is 8.92. The van der Waals surface area contributed by atoms with Gasteiger partial charge in [-0.3, -0.25) is 4.68 Å². The lowest BCUT2D eigenvalue weighted by atomic mass is 10.6. The third-order valence-corrected chi connectivity index (χ3v) is 5.89. The van der Waals surface area contributed by atoms with E-state index < -0.39 is 20.0 Å². The van der Waals surface area contributed by atoms with E-state index in [-0.39, 0.29) is 23.0 Å². The summed E-state index contributed by atoms with van der Waals surface area (Å²) in [5, 5.41) is 3.83. The molecule has 3 N–H and O–H groups in total. The smallest absolute Gasteiger partial charge is 0.245 e. The summed E-state index contributed by atoms with van der Waals surface area (Å²) < 4.78 is 51.6. The maximum atomic E-state index is 12.0. The van der Waals surface area contributed by atoms with Crippen LogP contribution in [0.1, 0.15) is 6.92 Å². The summed E-state index contributed by atoms with van der Waals surface area (Å²) in [6.07, 6.45) is 1.30. The monoisotopic (exact) mass is 325 g/mol. The van der Waals surface area contributed by atoms with Crippen LogP contribution in [-0.4, -0.2) is 57.3 Å². The number of nitrogen functional groups attached to an aromatic ring is 1. The second-order valence-corrected chi connectivity index (χ2v) is 8.27. The Labute approximate surface area is 118 Å². The van der Waals surface area contributed by atoms with Crippen LogP contribution in [0.5, 0.6) is 0 Å². The second kappa shape index (κ2) is 6.08. The van der Waals surface area contributed by atoms with Crippen molar-refractivity contribution in [3.63, 3.8) is 0 Å². The fourth-order valence-electron chi connectivity index (χ4n) is 1.35.